The molecule has 0 aromatic heterocycles. The number of aliphatic carboxylic acids is 1. The Morgan fingerprint density at radius 3 is 1.96 bits per heavy atom. The average Bonchev–Trinajstić information content (AvgIpc) is 3.33. The van der Waals surface area contributed by atoms with Gasteiger partial charge in [-0.1, -0.05) is 136 Å². The number of halogens is 1. The SMILES string of the molecule is C1CCNCC1.CCCOC(=O)c1c(C)cc(C)c(Cl)c1CC(/C=C/CC/C=C/CCCO[Si](c1ccccc1)(c1ccccc1)C(C)(C)C)=NOCC(=O)N1CCCCC1.NOCC(=O)O. The van der Waals surface area contributed by atoms with E-state index in [1.165, 1.54) is 42.7 Å². The van der Waals surface area contributed by atoms with Gasteiger partial charge in [-0.2, -0.15) is 0 Å². The smallest absolute Gasteiger partial charge is 0.338 e. The number of allylic oxidation sites excluding steroid dienone is 4. The molecule has 3 aromatic carbocycles. The van der Waals surface area contributed by atoms with Gasteiger partial charge in [-0.3, -0.25) is 9.63 Å². The van der Waals surface area contributed by atoms with Gasteiger partial charge in [0.1, 0.15) is 0 Å². The first-order chi connectivity index (χ1) is 32.3. The molecule has 2 aliphatic heterocycles. The average molecular weight is 962 g/mol. The minimum atomic E-state index is -2.54. The minimum absolute atomic E-state index is 0.0443. The predicted octanol–water partition coefficient (Wildman–Crippen LogP) is 9.42. The van der Waals surface area contributed by atoms with Crippen LogP contribution in [0, 0.1) is 13.8 Å². The number of nitrogens with zero attached hydrogens (tertiary/aromatic N) is 2. The van der Waals surface area contributed by atoms with Crippen LogP contribution in [0.5, 0.6) is 0 Å². The fourth-order valence-electron chi connectivity index (χ4n) is 8.18. The van der Waals surface area contributed by atoms with E-state index in [1.807, 2.05) is 37.8 Å². The number of rotatable bonds is 21. The van der Waals surface area contributed by atoms with Gasteiger partial charge in [-0.05, 0) is 129 Å². The normalized spacial score (nSPS) is 14.5. The molecule has 4 N–H and O–H groups in total. The standard InChI is InChI=1S/C46H61ClN2O5Si.C5H11N.C2H5NO3/c1-7-31-52-45(51)43-36(2)33-37(3)44(47)41(43)34-38(48-53-35-42(50)49-29-21-15-22-30-49)24-16-11-9-8-10-12-23-32-54-55(46(4,5)6,39-25-17-13-18-26-39)40-27-19-14-20-28-40;1-2-4-6-5-3-1;3-6-1-2(4)5/h8,10,13-14,16-20,24-28,33H,7,9,11-12,15,21-23,29-32,34-35H2,1-6H3;6H,1-5H2;1,3H2,(H,4,5)/b10-8+,24-16+,48-38?;;. The van der Waals surface area contributed by atoms with Gasteiger partial charge >= 0.3 is 11.9 Å². The van der Waals surface area contributed by atoms with Crippen molar-refractivity contribution in [3.05, 3.63) is 118 Å². The van der Waals surface area contributed by atoms with Crippen LogP contribution in [-0.2, 0) is 34.8 Å². The van der Waals surface area contributed by atoms with Crippen molar-refractivity contribution in [2.75, 3.05) is 52.6 Å². The third-order valence-corrected chi connectivity index (χ3v) is 17.0. The molecule has 12 nitrogen and oxygen atoms in total. The van der Waals surface area contributed by atoms with Crippen LogP contribution in [0.1, 0.15) is 125 Å². The van der Waals surface area contributed by atoms with Gasteiger partial charge in [-0.25, -0.2) is 15.5 Å². The highest BCUT2D eigenvalue weighted by atomic mass is 35.5. The molecule has 5 rings (SSSR count). The second-order valence-corrected chi connectivity index (χ2v) is 22.6. The lowest BCUT2D eigenvalue weighted by atomic mass is 9.94. The van der Waals surface area contributed by atoms with E-state index in [1.54, 1.807) is 0 Å². The topological polar surface area (TPSA) is 162 Å². The molecule has 0 unspecified atom stereocenters. The van der Waals surface area contributed by atoms with Gasteiger partial charge in [0.25, 0.3) is 14.2 Å². The Bertz CT molecular complexity index is 1960. The number of benzene rings is 3. The molecular formula is C53H77ClN4O8Si. The van der Waals surface area contributed by atoms with E-state index in [4.69, 9.17) is 30.7 Å². The number of aryl methyl sites for hydroxylation is 2. The maximum Gasteiger partial charge on any atom is 0.338 e. The highest BCUT2D eigenvalue weighted by Gasteiger charge is 2.50. The molecule has 14 heteroatoms. The van der Waals surface area contributed by atoms with Crippen molar-refractivity contribution in [3.8, 4) is 0 Å². The van der Waals surface area contributed by atoms with Gasteiger partial charge in [0.2, 0.25) is 0 Å². The number of nitrogens with two attached hydrogens (primary N) is 1. The number of hydrogen-bond acceptors (Lipinski definition) is 10. The third kappa shape index (κ3) is 19.5. The van der Waals surface area contributed by atoms with Gasteiger partial charge < -0.3 is 29.3 Å². The van der Waals surface area contributed by atoms with Crippen LogP contribution in [-0.4, -0.2) is 94.5 Å². The van der Waals surface area contributed by atoms with Crippen molar-refractivity contribution in [2.45, 2.75) is 124 Å². The Morgan fingerprint density at radius 1 is 0.836 bits per heavy atom. The quantitative estimate of drug-likeness (QED) is 0.0234. The summed E-state index contributed by atoms with van der Waals surface area (Å²) in [6, 6.07) is 23.4. The third-order valence-electron chi connectivity index (χ3n) is 11.5. The summed E-state index contributed by atoms with van der Waals surface area (Å²) in [5.74, 6) is 2.82. The van der Waals surface area contributed by atoms with Gasteiger partial charge in [0, 0.05) is 31.1 Å². The second-order valence-electron chi connectivity index (χ2n) is 17.9. The summed E-state index contributed by atoms with van der Waals surface area (Å²) in [4.78, 5) is 46.6. The molecule has 3 aromatic rings. The molecule has 2 saturated heterocycles. The lowest BCUT2D eigenvalue weighted by Gasteiger charge is -2.43. The lowest BCUT2D eigenvalue weighted by Crippen LogP contribution is -2.66. The Morgan fingerprint density at radius 2 is 1.43 bits per heavy atom. The zero-order valence-corrected chi connectivity index (χ0v) is 42.7. The zero-order chi connectivity index (χ0) is 48.9. The molecule has 368 valence electrons. The number of carboxylic acids is 1. The van der Waals surface area contributed by atoms with Crippen molar-refractivity contribution >= 4 is 53.8 Å². The molecule has 2 heterocycles. The maximum atomic E-state index is 13.2. The number of oxime groups is 1. The molecule has 0 radical (unpaired) electrons. The number of ether oxygens (including phenoxy) is 1. The number of esters is 1. The van der Waals surface area contributed by atoms with Crippen LogP contribution in [0.2, 0.25) is 10.1 Å². The highest BCUT2D eigenvalue weighted by molar-refractivity contribution is 6.99. The van der Waals surface area contributed by atoms with Gasteiger partial charge in [-0.15, -0.1) is 0 Å². The summed E-state index contributed by atoms with van der Waals surface area (Å²) in [5.41, 5.74) is 3.34. The number of carboxylic acid groups (broad SMARTS) is 1. The van der Waals surface area contributed by atoms with Crippen LogP contribution in [0.3, 0.4) is 0 Å². The number of piperidine rings is 2. The van der Waals surface area contributed by atoms with Crippen LogP contribution in [0.4, 0.5) is 0 Å². The first-order valence-corrected chi connectivity index (χ1v) is 26.3. The van der Waals surface area contributed by atoms with Gasteiger partial charge in [0.05, 0.1) is 17.9 Å². The molecule has 0 atom stereocenters. The molecule has 67 heavy (non-hydrogen) atoms. The van der Waals surface area contributed by atoms with E-state index in [0.717, 1.165) is 75.6 Å². The predicted molar refractivity (Wildman–Crippen MR) is 274 cm³/mol. The van der Waals surface area contributed by atoms with Gasteiger partial charge in [0.15, 0.2) is 13.2 Å². The summed E-state index contributed by atoms with van der Waals surface area (Å²) < 4.78 is 12.6. The fourth-order valence-corrected chi connectivity index (χ4v) is 13.0. The Hall–Kier alpha value is -4.63. The summed E-state index contributed by atoms with van der Waals surface area (Å²) >= 11 is 6.84. The first kappa shape index (κ1) is 56.7. The van der Waals surface area contributed by atoms with Crippen LogP contribution in [0.25, 0.3) is 0 Å². The van der Waals surface area contributed by atoms with Crippen LogP contribution >= 0.6 is 11.6 Å². The lowest BCUT2D eigenvalue weighted by molar-refractivity contribution is -0.142. The van der Waals surface area contributed by atoms with Crippen LogP contribution in [0.15, 0.2) is 96.2 Å². The van der Waals surface area contributed by atoms with E-state index >= 15 is 0 Å². The number of unbranched alkanes of at least 4 members (excludes halogenated alkanes) is 2. The molecule has 0 aliphatic carbocycles. The summed E-state index contributed by atoms with van der Waals surface area (Å²) in [5, 5.41) is 18.5. The van der Waals surface area contributed by atoms with Crippen molar-refractivity contribution in [1.29, 1.82) is 0 Å². The van der Waals surface area contributed by atoms with Crippen molar-refractivity contribution < 1.29 is 38.3 Å². The number of likely N-dealkylation sites (tertiary alicyclic amines) is 1. The Labute approximate surface area is 406 Å². The van der Waals surface area contributed by atoms with Crippen LogP contribution < -0.4 is 21.6 Å². The van der Waals surface area contributed by atoms with E-state index in [2.05, 4.69) is 121 Å². The fraction of sp³-hybridized carbons (Fsp3) is 0.509. The number of hydrogen-bond donors (Lipinski definition) is 3. The minimum Gasteiger partial charge on any atom is -0.479 e. The number of carbonyl (C=O) groups excluding carboxylic acids is 2. The van der Waals surface area contributed by atoms with E-state index < -0.39 is 26.9 Å². The molecule has 1 amide bonds. The molecule has 2 fully saturated rings. The number of nitrogens with one attached hydrogen (secondary N) is 1. The highest BCUT2D eigenvalue weighted by Crippen LogP contribution is 2.37. The summed E-state index contributed by atoms with van der Waals surface area (Å²) in [6.07, 6.45) is 20.3. The molecule has 0 saturated carbocycles. The molecule has 2 aliphatic rings. The van der Waals surface area contributed by atoms with E-state index in [9.17, 15) is 14.4 Å². The molecule has 0 bridgehead atoms. The Kier molecular flexibility index (Phi) is 26.6. The number of carbonyl (C=O) groups is 3. The first-order valence-electron chi connectivity index (χ1n) is 24.0. The Balaban J connectivity index is 0.000000865. The largest absolute Gasteiger partial charge is 0.479 e. The monoisotopic (exact) mass is 961 g/mol. The zero-order valence-electron chi connectivity index (χ0n) is 41.0. The van der Waals surface area contributed by atoms with E-state index in [0.29, 0.717) is 35.1 Å². The van der Waals surface area contributed by atoms with Crippen molar-refractivity contribution in [1.82, 2.24) is 10.2 Å². The molecular weight excluding hydrogens is 884 g/mol. The number of amides is 1. The van der Waals surface area contributed by atoms with Crippen molar-refractivity contribution in [3.63, 3.8) is 0 Å². The summed E-state index contributed by atoms with van der Waals surface area (Å²) in [6.45, 7) is 17.2. The van der Waals surface area contributed by atoms with Crippen molar-refractivity contribution in [2.24, 2.45) is 11.1 Å². The second kappa shape index (κ2) is 31.4. The molecule has 0 spiro atoms. The summed E-state index contributed by atoms with van der Waals surface area (Å²) in [7, 11) is -2.54. The van der Waals surface area contributed by atoms with E-state index in [-0.39, 0.29) is 24.0 Å². The maximum absolute atomic E-state index is 13.2.